The number of alkyl halides is 3. The van der Waals surface area contributed by atoms with Gasteiger partial charge in [0.25, 0.3) is 0 Å². The Morgan fingerprint density at radius 1 is 1.43 bits per heavy atom. The molecule has 1 heterocycles. The van der Waals surface area contributed by atoms with Crippen LogP contribution in [0.2, 0.25) is 0 Å². The Bertz CT molecular complexity index is 598. The van der Waals surface area contributed by atoms with Gasteiger partial charge in [0.05, 0.1) is 6.61 Å². The van der Waals surface area contributed by atoms with E-state index in [1.165, 1.54) is 6.26 Å². The number of ketones is 1. The van der Waals surface area contributed by atoms with Crippen molar-refractivity contribution in [2.45, 2.75) is 36.3 Å². The summed E-state index contributed by atoms with van der Waals surface area (Å²) in [4.78, 5) is 11.8. The molecule has 0 spiro atoms. The highest BCUT2D eigenvalue weighted by atomic mass is 32.2. The first-order valence-electron chi connectivity index (χ1n) is 6.34. The van der Waals surface area contributed by atoms with Gasteiger partial charge >= 0.3 is 6.18 Å². The van der Waals surface area contributed by atoms with Gasteiger partial charge in [-0.05, 0) is 24.6 Å². The molecule has 2 rings (SSSR count). The van der Waals surface area contributed by atoms with Gasteiger partial charge < -0.3 is 4.74 Å². The number of ether oxygens (including phenoxy) is 1. The number of hydrogen-bond acceptors (Lipinski definition) is 3. The molecule has 3 nitrogen and oxygen atoms in total. The molecule has 0 fully saturated rings. The maximum atomic E-state index is 12.5. The van der Waals surface area contributed by atoms with E-state index in [2.05, 4.69) is 0 Å². The van der Waals surface area contributed by atoms with E-state index in [0.717, 1.165) is 0 Å². The van der Waals surface area contributed by atoms with Crippen molar-refractivity contribution >= 4 is 16.6 Å². The largest absolute Gasteiger partial charge is 0.493 e. The van der Waals surface area contributed by atoms with Crippen LogP contribution in [0.1, 0.15) is 25.3 Å². The number of benzene rings is 1. The van der Waals surface area contributed by atoms with Crippen LogP contribution >= 0.6 is 0 Å². The number of Topliss-reactive ketones (excluding diaryl/α,β-unsaturated/α-hetero) is 1. The standard InChI is InChI=1S/C14H15F3O3S/c1-13(8-12(18)14(15,16)17)5-6-20-11-4-3-9(21(2)19)7-10(11)13/h3-4,7H,5-6,8H2,1-2H3. The number of halogens is 3. The summed E-state index contributed by atoms with van der Waals surface area (Å²) in [6, 6.07) is 4.79. The lowest BCUT2D eigenvalue weighted by Gasteiger charge is -2.35. The van der Waals surface area contributed by atoms with E-state index >= 15 is 0 Å². The molecule has 0 saturated heterocycles. The molecule has 1 aromatic carbocycles. The molecule has 7 heteroatoms. The Hall–Kier alpha value is -1.37. The fourth-order valence-electron chi connectivity index (χ4n) is 2.44. The van der Waals surface area contributed by atoms with Gasteiger partial charge in [-0.1, -0.05) is 6.92 Å². The molecule has 1 aliphatic rings. The van der Waals surface area contributed by atoms with E-state index < -0.39 is 34.6 Å². The molecule has 1 aliphatic heterocycles. The summed E-state index contributed by atoms with van der Waals surface area (Å²) in [5, 5.41) is 0. The molecule has 0 saturated carbocycles. The number of carbonyl (C=O) groups is 1. The topological polar surface area (TPSA) is 43.4 Å². The second-order valence-electron chi connectivity index (χ2n) is 5.37. The van der Waals surface area contributed by atoms with Crippen LogP contribution < -0.4 is 4.74 Å². The molecule has 1 aromatic rings. The van der Waals surface area contributed by atoms with Gasteiger partial charge in [-0.2, -0.15) is 13.2 Å². The average Bonchev–Trinajstić information content (AvgIpc) is 2.37. The lowest BCUT2D eigenvalue weighted by molar-refractivity contribution is -0.172. The molecule has 21 heavy (non-hydrogen) atoms. The van der Waals surface area contributed by atoms with Crippen molar-refractivity contribution in [3.63, 3.8) is 0 Å². The van der Waals surface area contributed by atoms with Crippen LogP contribution in [0, 0.1) is 0 Å². The SMILES string of the molecule is CS(=O)c1ccc2c(c1)C(C)(CC(=O)C(F)(F)F)CCO2. The van der Waals surface area contributed by atoms with E-state index in [0.29, 0.717) is 22.6 Å². The zero-order valence-electron chi connectivity index (χ0n) is 11.6. The second kappa shape index (κ2) is 5.44. The van der Waals surface area contributed by atoms with E-state index in [1.54, 1.807) is 25.1 Å². The zero-order chi connectivity index (χ0) is 15.8. The molecule has 116 valence electrons. The van der Waals surface area contributed by atoms with Gasteiger partial charge in [0.15, 0.2) is 0 Å². The predicted octanol–water partition coefficient (Wildman–Crippen LogP) is 2.99. The average molecular weight is 320 g/mol. The van der Waals surface area contributed by atoms with E-state index in [-0.39, 0.29) is 6.61 Å². The first-order valence-corrected chi connectivity index (χ1v) is 7.90. The summed E-state index contributed by atoms with van der Waals surface area (Å²) >= 11 is 0. The Labute approximate surface area is 122 Å². The maximum absolute atomic E-state index is 12.5. The van der Waals surface area contributed by atoms with Gasteiger partial charge in [0, 0.05) is 39.4 Å². The lowest BCUT2D eigenvalue weighted by Crippen LogP contribution is -2.36. The molecule has 0 amide bonds. The molecule has 0 N–H and O–H groups in total. The van der Waals surface area contributed by atoms with Crippen LogP contribution in [0.4, 0.5) is 13.2 Å². The minimum Gasteiger partial charge on any atom is -0.493 e. The molecule has 2 atom stereocenters. The van der Waals surface area contributed by atoms with E-state index in [4.69, 9.17) is 4.74 Å². The van der Waals surface area contributed by atoms with Crippen LogP contribution in [0.3, 0.4) is 0 Å². The highest BCUT2D eigenvalue weighted by molar-refractivity contribution is 7.84. The Morgan fingerprint density at radius 3 is 2.67 bits per heavy atom. The Balaban J connectivity index is 2.42. The third-order valence-corrected chi connectivity index (χ3v) is 4.63. The molecule has 2 unspecified atom stereocenters. The first-order chi connectivity index (χ1) is 9.63. The fraction of sp³-hybridized carbons (Fsp3) is 0.500. The minimum atomic E-state index is -4.84. The number of fused-ring (bicyclic) bond motifs is 1. The first kappa shape index (κ1) is 16.0. The molecule has 0 radical (unpaired) electrons. The van der Waals surface area contributed by atoms with Gasteiger partial charge in [0.2, 0.25) is 5.78 Å². The monoisotopic (exact) mass is 320 g/mol. The van der Waals surface area contributed by atoms with Gasteiger partial charge in [-0.25, -0.2) is 0 Å². The number of carbonyl (C=O) groups excluding carboxylic acids is 1. The summed E-state index contributed by atoms with van der Waals surface area (Å²) in [5.74, 6) is -1.30. The van der Waals surface area contributed by atoms with Crippen molar-refractivity contribution in [1.82, 2.24) is 0 Å². The summed E-state index contributed by atoms with van der Waals surface area (Å²) in [5.41, 5.74) is -0.450. The van der Waals surface area contributed by atoms with Crippen LogP contribution in [0.15, 0.2) is 23.1 Å². The minimum absolute atomic E-state index is 0.253. The van der Waals surface area contributed by atoms with Gasteiger partial charge in [-0.15, -0.1) is 0 Å². The quantitative estimate of drug-likeness (QED) is 0.860. The van der Waals surface area contributed by atoms with Crippen LogP contribution in [0.5, 0.6) is 5.75 Å². The van der Waals surface area contributed by atoms with E-state index in [9.17, 15) is 22.2 Å². The van der Waals surface area contributed by atoms with Crippen LogP contribution in [-0.2, 0) is 21.0 Å². The summed E-state index contributed by atoms with van der Waals surface area (Å²) in [7, 11) is -1.25. The summed E-state index contributed by atoms with van der Waals surface area (Å²) in [6.07, 6.45) is -3.68. The molecule has 0 bridgehead atoms. The Kier molecular flexibility index (Phi) is 4.15. The molecular formula is C14H15F3O3S. The number of rotatable bonds is 3. The Morgan fingerprint density at radius 2 is 2.10 bits per heavy atom. The van der Waals surface area contributed by atoms with Gasteiger partial charge in [0.1, 0.15) is 5.75 Å². The highest BCUT2D eigenvalue weighted by Gasteiger charge is 2.45. The molecule has 0 aliphatic carbocycles. The summed E-state index contributed by atoms with van der Waals surface area (Å²) in [6.45, 7) is 1.86. The van der Waals surface area contributed by atoms with Crippen LogP contribution in [0.25, 0.3) is 0 Å². The van der Waals surface area contributed by atoms with Crippen molar-refractivity contribution in [3.05, 3.63) is 23.8 Å². The van der Waals surface area contributed by atoms with Crippen molar-refractivity contribution < 1.29 is 26.9 Å². The maximum Gasteiger partial charge on any atom is 0.450 e. The third kappa shape index (κ3) is 3.28. The molecule has 0 aromatic heterocycles. The summed E-state index contributed by atoms with van der Waals surface area (Å²) < 4.78 is 54.6. The second-order valence-corrected chi connectivity index (χ2v) is 6.75. The number of hydrogen-bond donors (Lipinski definition) is 0. The zero-order valence-corrected chi connectivity index (χ0v) is 12.4. The smallest absolute Gasteiger partial charge is 0.450 e. The van der Waals surface area contributed by atoms with Crippen molar-refractivity contribution in [2.75, 3.05) is 12.9 Å². The molecular weight excluding hydrogens is 305 g/mol. The van der Waals surface area contributed by atoms with Gasteiger partial charge in [-0.3, -0.25) is 9.00 Å². The van der Waals surface area contributed by atoms with E-state index in [1.807, 2.05) is 0 Å². The highest BCUT2D eigenvalue weighted by Crippen LogP contribution is 2.43. The van der Waals surface area contributed by atoms with Crippen molar-refractivity contribution in [1.29, 1.82) is 0 Å². The van der Waals surface area contributed by atoms with Crippen molar-refractivity contribution in [2.24, 2.45) is 0 Å². The van der Waals surface area contributed by atoms with Crippen LogP contribution in [-0.4, -0.2) is 29.0 Å². The predicted molar refractivity (Wildman–Crippen MR) is 71.9 cm³/mol. The lowest BCUT2D eigenvalue weighted by atomic mass is 9.74. The third-order valence-electron chi connectivity index (χ3n) is 3.71. The fourth-order valence-corrected chi connectivity index (χ4v) is 2.99. The van der Waals surface area contributed by atoms with Crippen molar-refractivity contribution in [3.8, 4) is 5.75 Å². The normalized spacial score (nSPS) is 23.1.